The van der Waals surface area contributed by atoms with E-state index in [9.17, 15) is 12.8 Å². The number of hydrogen-bond donors (Lipinski definition) is 2. The average Bonchev–Trinajstić information content (AvgIpc) is 2.36. The van der Waals surface area contributed by atoms with Crippen LogP contribution in [0.3, 0.4) is 0 Å². The highest BCUT2D eigenvalue weighted by Crippen LogP contribution is 2.25. The minimum Gasteiger partial charge on any atom is -0.397 e. The maximum atomic E-state index is 13.1. The third-order valence-corrected chi connectivity index (χ3v) is 4.38. The summed E-state index contributed by atoms with van der Waals surface area (Å²) in [5, 5.41) is 0. The first-order chi connectivity index (χ1) is 9.29. The van der Waals surface area contributed by atoms with Crippen LogP contribution in [0.2, 0.25) is 0 Å². The van der Waals surface area contributed by atoms with E-state index < -0.39 is 15.8 Å². The molecule has 0 aliphatic carbocycles. The van der Waals surface area contributed by atoms with Crippen LogP contribution in [0, 0.1) is 19.7 Å². The van der Waals surface area contributed by atoms with Crippen molar-refractivity contribution in [3.63, 3.8) is 0 Å². The highest BCUT2D eigenvalue weighted by Gasteiger charge is 2.16. The van der Waals surface area contributed by atoms with Crippen LogP contribution in [-0.2, 0) is 10.0 Å². The van der Waals surface area contributed by atoms with E-state index in [1.54, 1.807) is 12.1 Å². The normalized spacial score (nSPS) is 11.3. The number of hydrogen-bond acceptors (Lipinski definition) is 3. The van der Waals surface area contributed by atoms with Gasteiger partial charge in [0.05, 0.1) is 16.3 Å². The van der Waals surface area contributed by atoms with Crippen molar-refractivity contribution >= 4 is 21.4 Å². The lowest BCUT2D eigenvalue weighted by molar-refractivity contribution is 0.595. The Hall–Kier alpha value is -2.08. The van der Waals surface area contributed by atoms with Crippen molar-refractivity contribution in [1.29, 1.82) is 0 Å². The highest BCUT2D eigenvalue weighted by atomic mass is 32.2. The van der Waals surface area contributed by atoms with Gasteiger partial charge in [0.25, 0.3) is 10.0 Å². The minimum atomic E-state index is -3.86. The molecule has 0 atom stereocenters. The first-order valence-electron chi connectivity index (χ1n) is 5.95. The van der Waals surface area contributed by atoms with Gasteiger partial charge in [0.15, 0.2) is 0 Å². The van der Waals surface area contributed by atoms with Crippen LogP contribution < -0.4 is 10.5 Å². The van der Waals surface area contributed by atoms with Crippen molar-refractivity contribution in [2.24, 2.45) is 0 Å². The maximum Gasteiger partial charge on any atom is 0.262 e. The summed E-state index contributed by atoms with van der Waals surface area (Å²) in [6, 6.07) is 8.15. The van der Waals surface area contributed by atoms with Crippen LogP contribution >= 0.6 is 0 Å². The van der Waals surface area contributed by atoms with E-state index in [2.05, 4.69) is 4.72 Å². The SMILES string of the molecule is Cc1cc(N)c(NS(=O)(=O)c2cccc(F)c2)cc1C. The number of aryl methyl sites for hydroxylation is 2. The third-order valence-electron chi connectivity index (χ3n) is 3.02. The largest absolute Gasteiger partial charge is 0.397 e. The van der Waals surface area contributed by atoms with E-state index >= 15 is 0 Å². The molecule has 2 aromatic carbocycles. The first-order valence-corrected chi connectivity index (χ1v) is 7.43. The monoisotopic (exact) mass is 294 g/mol. The van der Waals surface area contributed by atoms with Gasteiger partial charge in [0, 0.05) is 0 Å². The zero-order valence-electron chi connectivity index (χ0n) is 11.1. The number of rotatable bonds is 3. The van der Waals surface area contributed by atoms with Crippen LogP contribution in [-0.4, -0.2) is 8.42 Å². The van der Waals surface area contributed by atoms with Gasteiger partial charge in [-0.05, 0) is 55.3 Å². The fourth-order valence-corrected chi connectivity index (χ4v) is 2.87. The minimum absolute atomic E-state index is 0.143. The van der Waals surface area contributed by atoms with Gasteiger partial charge in [0.2, 0.25) is 0 Å². The lowest BCUT2D eigenvalue weighted by Gasteiger charge is -2.12. The van der Waals surface area contributed by atoms with Gasteiger partial charge < -0.3 is 5.73 Å². The molecular formula is C14H15FN2O2S. The molecule has 6 heteroatoms. The van der Waals surface area contributed by atoms with Gasteiger partial charge >= 0.3 is 0 Å². The predicted molar refractivity (Wildman–Crippen MR) is 77.5 cm³/mol. The van der Waals surface area contributed by atoms with Crippen molar-refractivity contribution < 1.29 is 12.8 Å². The number of anilines is 2. The van der Waals surface area contributed by atoms with Crippen molar-refractivity contribution in [3.05, 3.63) is 53.3 Å². The van der Waals surface area contributed by atoms with Crippen molar-refractivity contribution in [3.8, 4) is 0 Å². The van der Waals surface area contributed by atoms with E-state index in [0.29, 0.717) is 5.69 Å². The summed E-state index contributed by atoms with van der Waals surface area (Å²) in [5.74, 6) is -0.610. The maximum absolute atomic E-state index is 13.1. The molecule has 0 fully saturated rings. The molecule has 20 heavy (non-hydrogen) atoms. The molecule has 0 aromatic heterocycles. The lowest BCUT2D eigenvalue weighted by atomic mass is 10.1. The molecule has 0 amide bonds. The summed E-state index contributed by atoms with van der Waals surface area (Å²) in [4.78, 5) is -0.143. The van der Waals surface area contributed by atoms with Gasteiger partial charge in [-0.2, -0.15) is 0 Å². The summed E-state index contributed by atoms with van der Waals surface area (Å²) in [7, 11) is -3.86. The number of sulfonamides is 1. The fourth-order valence-electron chi connectivity index (χ4n) is 1.76. The molecule has 0 radical (unpaired) electrons. The summed E-state index contributed by atoms with van der Waals surface area (Å²) < 4.78 is 39.8. The molecule has 0 saturated carbocycles. The summed E-state index contributed by atoms with van der Waals surface area (Å²) in [5.41, 5.74) is 8.30. The van der Waals surface area contributed by atoms with Gasteiger partial charge in [-0.1, -0.05) is 6.07 Å². The van der Waals surface area contributed by atoms with Crippen LogP contribution in [0.5, 0.6) is 0 Å². The predicted octanol–water partition coefficient (Wildman–Crippen LogP) is 2.83. The standard InChI is InChI=1S/C14H15FN2O2S/c1-9-6-13(16)14(7-10(9)2)17-20(18,19)12-5-3-4-11(15)8-12/h3-8,17H,16H2,1-2H3. The molecule has 0 spiro atoms. The second-order valence-electron chi connectivity index (χ2n) is 4.59. The Labute approximate surface area is 117 Å². The number of halogens is 1. The van der Waals surface area contributed by atoms with Gasteiger partial charge in [-0.15, -0.1) is 0 Å². The Morgan fingerprint density at radius 2 is 1.75 bits per heavy atom. The van der Waals surface area contributed by atoms with Crippen molar-refractivity contribution in [2.45, 2.75) is 18.7 Å². The number of nitrogens with two attached hydrogens (primary N) is 1. The lowest BCUT2D eigenvalue weighted by Crippen LogP contribution is -2.14. The second kappa shape index (κ2) is 5.13. The molecule has 0 bridgehead atoms. The molecule has 0 aliphatic rings. The second-order valence-corrected chi connectivity index (χ2v) is 6.27. The first kappa shape index (κ1) is 14.3. The van der Waals surface area contributed by atoms with Crippen LogP contribution in [0.1, 0.15) is 11.1 Å². The number of benzene rings is 2. The Morgan fingerprint density at radius 3 is 2.40 bits per heavy atom. The van der Waals surface area contributed by atoms with E-state index in [0.717, 1.165) is 17.2 Å². The molecule has 0 unspecified atom stereocenters. The molecule has 3 N–H and O–H groups in total. The molecule has 4 nitrogen and oxygen atoms in total. The average molecular weight is 294 g/mol. The Balaban J connectivity index is 2.41. The zero-order chi connectivity index (χ0) is 14.9. The van der Waals surface area contributed by atoms with E-state index in [1.807, 2.05) is 13.8 Å². The molecular weight excluding hydrogens is 279 g/mol. The van der Waals surface area contributed by atoms with E-state index in [4.69, 9.17) is 5.73 Å². The van der Waals surface area contributed by atoms with Gasteiger partial charge in [-0.3, -0.25) is 4.72 Å². The molecule has 106 valence electrons. The van der Waals surface area contributed by atoms with Crippen LogP contribution in [0.25, 0.3) is 0 Å². The molecule has 2 aromatic rings. The Morgan fingerprint density at radius 1 is 1.10 bits per heavy atom. The number of nitrogen functional groups attached to an aromatic ring is 1. The summed E-state index contributed by atoms with van der Waals surface area (Å²) in [6.45, 7) is 3.74. The Kier molecular flexibility index (Phi) is 3.67. The molecule has 0 saturated heterocycles. The number of nitrogens with one attached hydrogen (secondary N) is 1. The zero-order valence-corrected chi connectivity index (χ0v) is 12.0. The highest BCUT2D eigenvalue weighted by molar-refractivity contribution is 7.92. The van der Waals surface area contributed by atoms with Gasteiger partial charge in [0.1, 0.15) is 5.82 Å². The third kappa shape index (κ3) is 2.91. The van der Waals surface area contributed by atoms with Crippen LogP contribution in [0.15, 0.2) is 41.3 Å². The summed E-state index contributed by atoms with van der Waals surface area (Å²) >= 11 is 0. The van der Waals surface area contributed by atoms with E-state index in [1.165, 1.54) is 18.2 Å². The Bertz CT molecular complexity index is 758. The topological polar surface area (TPSA) is 72.2 Å². The molecule has 0 heterocycles. The smallest absolute Gasteiger partial charge is 0.262 e. The fraction of sp³-hybridized carbons (Fsp3) is 0.143. The van der Waals surface area contributed by atoms with Crippen molar-refractivity contribution in [2.75, 3.05) is 10.5 Å². The molecule has 0 aliphatic heterocycles. The van der Waals surface area contributed by atoms with E-state index in [-0.39, 0.29) is 10.6 Å². The molecule has 2 rings (SSSR count). The van der Waals surface area contributed by atoms with Crippen molar-refractivity contribution in [1.82, 2.24) is 0 Å². The summed E-state index contributed by atoms with van der Waals surface area (Å²) in [6.07, 6.45) is 0. The van der Waals surface area contributed by atoms with Crippen LogP contribution in [0.4, 0.5) is 15.8 Å². The quantitative estimate of drug-likeness (QED) is 0.855. The van der Waals surface area contributed by atoms with Gasteiger partial charge in [-0.25, -0.2) is 12.8 Å².